The van der Waals surface area contributed by atoms with E-state index in [0.717, 1.165) is 5.56 Å². The van der Waals surface area contributed by atoms with E-state index in [9.17, 15) is 18.8 Å². The second-order valence-corrected chi connectivity index (χ2v) is 7.05. The number of hydrogen-bond donors (Lipinski definition) is 3. The lowest BCUT2D eigenvalue weighted by Gasteiger charge is -2.21. The molecule has 7 nitrogen and oxygen atoms in total. The Morgan fingerprint density at radius 2 is 1.57 bits per heavy atom. The van der Waals surface area contributed by atoms with Gasteiger partial charge in [0.05, 0.1) is 5.56 Å². The summed E-state index contributed by atoms with van der Waals surface area (Å²) in [6.45, 7) is 4.55. The van der Waals surface area contributed by atoms with E-state index >= 15 is 0 Å². The third-order valence-corrected chi connectivity index (χ3v) is 4.56. The van der Waals surface area contributed by atoms with Gasteiger partial charge >= 0.3 is 6.03 Å². The molecule has 0 unspecified atom stereocenters. The fourth-order valence-corrected chi connectivity index (χ4v) is 2.54. The lowest BCUT2D eigenvalue weighted by Crippen LogP contribution is -2.40. The fraction of sp³-hybridized carbons (Fsp3) is 0.318. The maximum absolute atomic E-state index is 13.5. The maximum Gasteiger partial charge on any atom is 0.315 e. The molecular formula is C22H27FN4O3. The van der Waals surface area contributed by atoms with E-state index in [4.69, 9.17) is 0 Å². The van der Waals surface area contributed by atoms with E-state index in [-0.39, 0.29) is 30.6 Å². The predicted molar refractivity (Wildman–Crippen MR) is 113 cm³/mol. The molecule has 30 heavy (non-hydrogen) atoms. The number of nitrogens with one attached hydrogen (secondary N) is 3. The van der Waals surface area contributed by atoms with Crippen molar-refractivity contribution < 1.29 is 18.8 Å². The third-order valence-electron chi connectivity index (χ3n) is 4.56. The number of benzene rings is 2. The molecule has 0 saturated heterocycles. The van der Waals surface area contributed by atoms with Crippen LogP contribution in [0.4, 0.5) is 9.18 Å². The molecule has 8 heteroatoms. The van der Waals surface area contributed by atoms with Gasteiger partial charge in [0.15, 0.2) is 0 Å². The van der Waals surface area contributed by atoms with Crippen LogP contribution in [0.15, 0.2) is 48.5 Å². The summed E-state index contributed by atoms with van der Waals surface area (Å²) in [5, 5.41) is 7.86. The van der Waals surface area contributed by atoms with E-state index in [1.54, 1.807) is 42.3 Å². The Balaban J connectivity index is 1.70. The highest BCUT2D eigenvalue weighted by molar-refractivity contribution is 5.94. The van der Waals surface area contributed by atoms with Crippen LogP contribution in [-0.4, -0.2) is 48.9 Å². The number of urea groups is 1. The second kappa shape index (κ2) is 10.9. The molecule has 0 fully saturated rings. The molecule has 0 aromatic heterocycles. The number of amides is 4. The third kappa shape index (κ3) is 6.58. The number of carbonyl (C=O) groups is 3. The van der Waals surface area contributed by atoms with Crippen LogP contribution in [0.5, 0.6) is 0 Å². The number of carbonyl (C=O) groups excluding carboxylic acids is 3. The van der Waals surface area contributed by atoms with Crippen molar-refractivity contribution in [2.75, 3.05) is 20.1 Å². The first-order chi connectivity index (χ1) is 14.3. The van der Waals surface area contributed by atoms with Gasteiger partial charge in [-0.15, -0.1) is 0 Å². The lowest BCUT2D eigenvalue weighted by molar-refractivity contribution is 0.0754. The van der Waals surface area contributed by atoms with E-state index in [2.05, 4.69) is 16.0 Å². The number of hydrogen-bond acceptors (Lipinski definition) is 3. The minimum absolute atomic E-state index is 0.0385. The topological polar surface area (TPSA) is 90.5 Å². The molecule has 3 N–H and O–H groups in total. The minimum atomic E-state index is -0.593. The van der Waals surface area contributed by atoms with Crippen molar-refractivity contribution in [3.8, 4) is 0 Å². The van der Waals surface area contributed by atoms with Gasteiger partial charge in [0, 0.05) is 38.3 Å². The van der Waals surface area contributed by atoms with Crippen LogP contribution in [0.25, 0.3) is 0 Å². The van der Waals surface area contributed by atoms with Crippen LogP contribution in [0, 0.1) is 5.82 Å². The second-order valence-electron chi connectivity index (χ2n) is 7.05. The van der Waals surface area contributed by atoms with Crippen molar-refractivity contribution in [2.24, 2.45) is 0 Å². The summed E-state index contributed by atoms with van der Waals surface area (Å²) in [6, 6.07) is 12.4. The van der Waals surface area contributed by atoms with Crippen LogP contribution < -0.4 is 16.0 Å². The Labute approximate surface area is 175 Å². The molecule has 2 aromatic rings. The Morgan fingerprint density at radius 1 is 0.933 bits per heavy atom. The Hall–Kier alpha value is -3.42. The normalized spacial score (nSPS) is 10.4. The maximum atomic E-state index is 13.5. The molecule has 0 saturated carbocycles. The summed E-state index contributed by atoms with van der Waals surface area (Å²) < 4.78 is 13.5. The zero-order valence-electron chi connectivity index (χ0n) is 17.4. The summed E-state index contributed by atoms with van der Waals surface area (Å²) >= 11 is 0. The number of nitrogens with zero attached hydrogens (tertiary/aromatic N) is 1. The minimum Gasteiger partial charge on any atom is -0.350 e. The van der Waals surface area contributed by atoms with Gasteiger partial charge in [-0.2, -0.15) is 0 Å². The molecule has 0 aliphatic rings. The quantitative estimate of drug-likeness (QED) is 0.580. The van der Waals surface area contributed by atoms with E-state index in [1.165, 1.54) is 18.2 Å². The molecule has 0 bridgehead atoms. The Kier molecular flexibility index (Phi) is 8.34. The highest BCUT2D eigenvalue weighted by Crippen LogP contribution is 2.09. The molecule has 2 rings (SSSR count). The van der Waals surface area contributed by atoms with E-state index in [0.29, 0.717) is 12.1 Å². The molecule has 2 aromatic carbocycles. The number of halogens is 1. The van der Waals surface area contributed by atoms with Gasteiger partial charge in [0.2, 0.25) is 0 Å². The van der Waals surface area contributed by atoms with Crippen LogP contribution in [0.3, 0.4) is 0 Å². The summed E-state index contributed by atoms with van der Waals surface area (Å²) in [4.78, 5) is 37.7. The van der Waals surface area contributed by atoms with Crippen LogP contribution >= 0.6 is 0 Å². The van der Waals surface area contributed by atoms with Gasteiger partial charge in [-0.05, 0) is 43.7 Å². The van der Waals surface area contributed by atoms with Crippen molar-refractivity contribution in [3.63, 3.8) is 0 Å². The van der Waals surface area contributed by atoms with Gasteiger partial charge < -0.3 is 20.9 Å². The standard InChI is InChI=1S/C22H27FN4O3/c1-15(2)27(3)21(29)17-10-8-16(9-11-17)14-26-22(30)25-13-12-24-20(28)18-6-4-5-7-19(18)23/h4-11,15H,12-14H2,1-3H3,(H,24,28)(H2,25,26,30). The zero-order valence-corrected chi connectivity index (χ0v) is 17.4. The van der Waals surface area contributed by atoms with Gasteiger partial charge in [0.1, 0.15) is 5.82 Å². The predicted octanol–water partition coefficient (Wildman–Crippen LogP) is 2.54. The summed E-state index contributed by atoms with van der Waals surface area (Å²) in [5.74, 6) is -1.18. The molecule has 0 aliphatic carbocycles. The Morgan fingerprint density at radius 3 is 2.20 bits per heavy atom. The smallest absolute Gasteiger partial charge is 0.315 e. The molecule has 0 radical (unpaired) electrons. The SMILES string of the molecule is CC(C)N(C)C(=O)c1ccc(CNC(=O)NCCNC(=O)c2ccccc2F)cc1. The molecule has 0 aliphatic heterocycles. The van der Waals surface area contributed by atoms with Gasteiger partial charge in [-0.25, -0.2) is 9.18 Å². The van der Waals surface area contributed by atoms with Crippen molar-refractivity contribution in [3.05, 3.63) is 71.0 Å². The first-order valence-corrected chi connectivity index (χ1v) is 9.70. The molecule has 0 spiro atoms. The monoisotopic (exact) mass is 414 g/mol. The van der Waals surface area contributed by atoms with E-state index in [1.807, 2.05) is 13.8 Å². The van der Waals surface area contributed by atoms with Crippen molar-refractivity contribution >= 4 is 17.8 Å². The average Bonchev–Trinajstić information content (AvgIpc) is 2.74. The summed E-state index contributed by atoms with van der Waals surface area (Å²) in [6.07, 6.45) is 0. The first-order valence-electron chi connectivity index (χ1n) is 9.70. The summed E-state index contributed by atoms with van der Waals surface area (Å²) in [5.41, 5.74) is 1.40. The van der Waals surface area contributed by atoms with Gasteiger partial charge in [0.25, 0.3) is 11.8 Å². The van der Waals surface area contributed by atoms with Crippen LogP contribution in [0.1, 0.15) is 40.1 Å². The molecule has 160 valence electrons. The van der Waals surface area contributed by atoms with Crippen molar-refractivity contribution in [1.29, 1.82) is 0 Å². The van der Waals surface area contributed by atoms with Gasteiger partial charge in [-0.1, -0.05) is 24.3 Å². The van der Waals surface area contributed by atoms with Crippen molar-refractivity contribution in [2.45, 2.75) is 26.4 Å². The molecular weight excluding hydrogens is 387 g/mol. The largest absolute Gasteiger partial charge is 0.350 e. The lowest BCUT2D eigenvalue weighted by atomic mass is 10.1. The fourth-order valence-electron chi connectivity index (χ4n) is 2.54. The van der Waals surface area contributed by atoms with Crippen LogP contribution in [0.2, 0.25) is 0 Å². The molecule has 4 amide bonds. The van der Waals surface area contributed by atoms with Gasteiger partial charge in [-0.3, -0.25) is 9.59 Å². The highest BCUT2D eigenvalue weighted by atomic mass is 19.1. The summed E-state index contributed by atoms with van der Waals surface area (Å²) in [7, 11) is 1.76. The zero-order chi connectivity index (χ0) is 22.1. The van der Waals surface area contributed by atoms with Crippen molar-refractivity contribution in [1.82, 2.24) is 20.9 Å². The highest BCUT2D eigenvalue weighted by Gasteiger charge is 2.14. The molecule has 0 heterocycles. The first kappa shape index (κ1) is 22.9. The van der Waals surface area contributed by atoms with Crippen LogP contribution in [-0.2, 0) is 6.54 Å². The molecule has 0 atom stereocenters. The number of rotatable bonds is 8. The average molecular weight is 414 g/mol. The Bertz CT molecular complexity index is 884. The van der Waals surface area contributed by atoms with E-state index < -0.39 is 17.8 Å².